The number of amides is 1. The molecule has 0 aliphatic rings. The average molecular weight is 282 g/mol. The minimum atomic E-state index is -4.52. The molecule has 2 rings (SSSR count). The summed E-state index contributed by atoms with van der Waals surface area (Å²) in [5.74, 6) is -0.634. The van der Waals surface area contributed by atoms with E-state index in [0.717, 1.165) is 18.3 Å². The lowest BCUT2D eigenvalue weighted by molar-refractivity contribution is -0.141. The fourth-order valence-corrected chi connectivity index (χ4v) is 1.49. The van der Waals surface area contributed by atoms with Crippen LogP contribution < -0.4 is 5.32 Å². The van der Waals surface area contributed by atoms with Gasteiger partial charge in [-0.05, 0) is 30.3 Å². The molecule has 2 N–H and O–H groups in total. The SMILES string of the molecule is O=C(Nc1ccc(C(F)(F)F)nc1)c1cccc(O)c1. The Kier molecular flexibility index (Phi) is 3.60. The van der Waals surface area contributed by atoms with Crippen LogP contribution in [-0.4, -0.2) is 16.0 Å². The highest BCUT2D eigenvalue weighted by atomic mass is 19.4. The second kappa shape index (κ2) is 5.20. The van der Waals surface area contributed by atoms with E-state index in [1.165, 1.54) is 24.3 Å². The van der Waals surface area contributed by atoms with Gasteiger partial charge in [-0.25, -0.2) is 4.98 Å². The summed E-state index contributed by atoms with van der Waals surface area (Å²) < 4.78 is 36.9. The minimum absolute atomic E-state index is 0.0804. The van der Waals surface area contributed by atoms with Gasteiger partial charge in [0, 0.05) is 5.56 Å². The summed E-state index contributed by atoms with van der Waals surface area (Å²) in [7, 11) is 0. The van der Waals surface area contributed by atoms with Crippen LogP contribution in [0.5, 0.6) is 5.75 Å². The van der Waals surface area contributed by atoms with Crippen LogP contribution in [0.2, 0.25) is 0 Å². The van der Waals surface area contributed by atoms with E-state index in [-0.39, 0.29) is 17.0 Å². The fraction of sp³-hybridized carbons (Fsp3) is 0.0769. The standard InChI is InChI=1S/C13H9F3N2O2/c14-13(15,16)11-5-4-9(7-17-11)18-12(20)8-2-1-3-10(19)6-8/h1-7,19H,(H,18,20). The van der Waals surface area contributed by atoms with Gasteiger partial charge in [0.1, 0.15) is 11.4 Å². The van der Waals surface area contributed by atoms with Crippen LogP contribution in [0.3, 0.4) is 0 Å². The lowest BCUT2D eigenvalue weighted by atomic mass is 10.2. The van der Waals surface area contributed by atoms with Crippen molar-refractivity contribution in [3.63, 3.8) is 0 Å². The van der Waals surface area contributed by atoms with E-state index in [1.807, 2.05) is 0 Å². The first-order valence-electron chi connectivity index (χ1n) is 5.50. The number of hydrogen-bond donors (Lipinski definition) is 2. The molecule has 1 heterocycles. The molecule has 7 heteroatoms. The van der Waals surface area contributed by atoms with Crippen LogP contribution in [0, 0.1) is 0 Å². The summed E-state index contributed by atoms with van der Waals surface area (Å²) >= 11 is 0. The third kappa shape index (κ3) is 3.25. The number of nitrogens with zero attached hydrogens (tertiary/aromatic N) is 1. The third-order valence-electron chi connectivity index (χ3n) is 2.42. The number of benzene rings is 1. The number of halogens is 3. The first-order chi connectivity index (χ1) is 9.36. The molecule has 0 spiro atoms. The summed E-state index contributed by atoms with van der Waals surface area (Å²) in [6, 6.07) is 7.47. The van der Waals surface area contributed by atoms with Crippen LogP contribution in [0.1, 0.15) is 16.1 Å². The minimum Gasteiger partial charge on any atom is -0.508 e. The van der Waals surface area contributed by atoms with Gasteiger partial charge in [0.2, 0.25) is 0 Å². The van der Waals surface area contributed by atoms with E-state index in [0.29, 0.717) is 0 Å². The highest BCUT2D eigenvalue weighted by Crippen LogP contribution is 2.27. The molecule has 0 saturated carbocycles. The Morgan fingerprint density at radius 1 is 1.20 bits per heavy atom. The predicted octanol–water partition coefficient (Wildman–Crippen LogP) is 3.06. The molecule has 20 heavy (non-hydrogen) atoms. The van der Waals surface area contributed by atoms with Gasteiger partial charge in [-0.2, -0.15) is 13.2 Å². The Hall–Kier alpha value is -2.57. The molecule has 2 aromatic rings. The summed E-state index contributed by atoms with van der Waals surface area (Å²) in [5.41, 5.74) is -0.718. The third-order valence-corrected chi connectivity index (χ3v) is 2.42. The van der Waals surface area contributed by atoms with Crippen molar-refractivity contribution in [2.45, 2.75) is 6.18 Å². The van der Waals surface area contributed by atoms with Gasteiger partial charge in [0.05, 0.1) is 11.9 Å². The maximum absolute atomic E-state index is 12.3. The van der Waals surface area contributed by atoms with Crippen molar-refractivity contribution >= 4 is 11.6 Å². The Morgan fingerprint density at radius 2 is 1.95 bits per heavy atom. The van der Waals surface area contributed by atoms with Crippen molar-refractivity contribution in [2.75, 3.05) is 5.32 Å². The highest BCUT2D eigenvalue weighted by Gasteiger charge is 2.32. The van der Waals surface area contributed by atoms with Gasteiger partial charge in [-0.3, -0.25) is 4.79 Å². The van der Waals surface area contributed by atoms with E-state index >= 15 is 0 Å². The van der Waals surface area contributed by atoms with Crippen molar-refractivity contribution in [3.8, 4) is 5.75 Å². The maximum Gasteiger partial charge on any atom is 0.433 e. The summed E-state index contributed by atoms with van der Waals surface area (Å²) in [4.78, 5) is 15.0. The van der Waals surface area contributed by atoms with Crippen molar-refractivity contribution in [1.82, 2.24) is 4.98 Å². The molecule has 0 radical (unpaired) electrons. The Labute approximate surface area is 111 Å². The van der Waals surface area contributed by atoms with Crippen LogP contribution in [-0.2, 0) is 6.18 Å². The number of nitrogens with one attached hydrogen (secondary N) is 1. The molecular weight excluding hydrogens is 273 g/mol. The predicted molar refractivity (Wildman–Crippen MR) is 65.3 cm³/mol. The number of alkyl halides is 3. The molecular formula is C13H9F3N2O2. The van der Waals surface area contributed by atoms with Crippen molar-refractivity contribution in [2.24, 2.45) is 0 Å². The van der Waals surface area contributed by atoms with Gasteiger partial charge in [-0.15, -0.1) is 0 Å². The van der Waals surface area contributed by atoms with Crippen molar-refractivity contribution in [1.29, 1.82) is 0 Å². The first kappa shape index (κ1) is 13.9. The Balaban J connectivity index is 2.12. The molecule has 0 saturated heterocycles. The quantitative estimate of drug-likeness (QED) is 0.889. The van der Waals surface area contributed by atoms with E-state index in [2.05, 4.69) is 10.3 Å². The molecule has 104 valence electrons. The molecule has 4 nitrogen and oxygen atoms in total. The number of carbonyl (C=O) groups excluding carboxylic acids is 1. The Morgan fingerprint density at radius 3 is 2.50 bits per heavy atom. The van der Waals surface area contributed by atoms with E-state index in [1.54, 1.807) is 0 Å². The second-order valence-electron chi connectivity index (χ2n) is 3.93. The van der Waals surface area contributed by atoms with E-state index < -0.39 is 17.8 Å². The molecule has 1 aromatic carbocycles. The van der Waals surface area contributed by atoms with Gasteiger partial charge in [0.25, 0.3) is 5.91 Å². The van der Waals surface area contributed by atoms with Crippen LogP contribution in [0.4, 0.5) is 18.9 Å². The second-order valence-corrected chi connectivity index (χ2v) is 3.93. The summed E-state index contributed by atoms with van der Waals surface area (Å²) in [6.45, 7) is 0. The number of rotatable bonds is 2. The number of anilines is 1. The van der Waals surface area contributed by atoms with Gasteiger partial charge in [-0.1, -0.05) is 6.07 Å². The van der Waals surface area contributed by atoms with Crippen molar-refractivity contribution in [3.05, 3.63) is 53.9 Å². The molecule has 0 atom stereocenters. The zero-order chi connectivity index (χ0) is 14.8. The largest absolute Gasteiger partial charge is 0.508 e. The van der Waals surface area contributed by atoms with E-state index in [9.17, 15) is 23.1 Å². The normalized spacial score (nSPS) is 11.2. The summed E-state index contributed by atoms with van der Waals surface area (Å²) in [5, 5.41) is 11.6. The zero-order valence-electron chi connectivity index (χ0n) is 9.98. The first-order valence-corrected chi connectivity index (χ1v) is 5.50. The molecule has 0 unspecified atom stereocenters. The number of phenolic OH excluding ortho intramolecular Hbond substituents is 1. The average Bonchev–Trinajstić information content (AvgIpc) is 2.38. The number of hydrogen-bond acceptors (Lipinski definition) is 3. The molecule has 1 aromatic heterocycles. The number of aromatic nitrogens is 1. The fourth-order valence-electron chi connectivity index (χ4n) is 1.49. The number of aromatic hydroxyl groups is 1. The molecule has 0 fully saturated rings. The highest BCUT2D eigenvalue weighted by molar-refractivity contribution is 6.04. The van der Waals surface area contributed by atoms with Crippen molar-refractivity contribution < 1.29 is 23.1 Å². The van der Waals surface area contributed by atoms with Crippen LogP contribution in [0.25, 0.3) is 0 Å². The van der Waals surface area contributed by atoms with Crippen LogP contribution in [0.15, 0.2) is 42.6 Å². The molecule has 1 amide bonds. The monoisotopic (exact) mass is 282 g/mol. The van der Waals surface area contributed by atoms with Gasteiger partial charge >= 0.3 is 6.18 Å². The molecule has 0 aliphatic carbocycles. The molecule has 0 bridgehead atoms. The maximum atomic E-state index is 12.3. The zero-order valence-corrected chi connectivity index (χ0v) is 9.98. The lowest BCUT2D eigenvalue weighted by Crippen LogP contribution is -2.13. The smallest absolute Gasteiger partial charge is 0.433 e. The van der Waals surface area contributed by atoms with Gasteiger partial charge < -0.3 is 10.4 Å². The lowest BCUT2D eigenvalue weighted by Gasteiger charge is -2.08. The number of carbonyl (C=O) groups is 1. The topological polar surface area (TPSA) is 62.2 Å². The summed E-state index contributed by atoms with van der Waals surface area (Å²) in [6.07, 6.45) is -3.60. The number of phenols is 1. The molecule has 0 aliphatic heterocycles. The van der Waals surface area contributed by atoms with E-state index in [4.69, 9.17) is 0 Å². The van der Waals surface area contributed by atoms with Crippen LogP contribution >= 0.6 is 0 Å². The Bertz CT molecular complexity index is 624. The number of pyridine rings is 1. The van der Waals surface area contributed by atoms with Gasteiger partial charge in [0.15, 0.2) is 0 Å².